The van der Waals surface area contributed by atoms with Crippen LogP contribution in [-0.2, 0) is 5.75 Å². The Labute approximate surface area is 241 Å². The highest BCUT2D eigenvalue weighted by Crippen LogP contribution is 2.29. The summed E-state index contributed by atoms with van der Waals surface area (Å²) in [6.07, 6.45) is 1.46. The Morgan fingerprint density at radius 1 is 0.976 bits per heavy atom. The first-order valence-corrected chi connectivity index (χ1v) is 14.0. The summed E-state index contributed by atoms with van der Waals surface area (Å²) >= 11 is 1.17. The molecule has 0 spiro atoms. The lowest BCUT2D eigenvalue weighted by Gasteiger charge is -2.32. The van der Waals surface area contributed by atoms with Gasteiger partial charge < -0.3 is 10.2 Å². The quantitative estimate of drug-likeness (QED) is 0.148. The number of carbonyl (C=O) groups is 2. The van der Waals surface area contributed by atoms with Gasteiger partial charge in [-0.3, -0.25) is 24.6 Å². The van der Waals surface area contributed by atoms with Gasteiger partial charge >= 0.3 is 5.69 Å². The molecule has 8 nitrogen and oxygen atoms in total. The predicted molar refractivity (Wildman–Crippen MR) is 156 cm³/mol. The minimum absolute atomic E-state index is 0.238. The molecule has 0 saturated carbocycles. The predicted octanol–water partition coefficient (Wildman–Crippen LogP) is 5.01. The number of rotatable bonds is 11. The number of nitrogens with zero attached hydrogens (tertiary/aromatic N) is 3. The van der Waals surface area contributed by atoms with Gasteiger partial charge in [-0.05, 0) is 54.6 Å². The molecule has 0 bridgehead atoms. The molecule has 1 aliphatic heterocycles. The van der Waals surface area contributed by atoms with E-state index in [0.717, 1.165) is 50.4 Å². The van der Waals surface area contributed by atoms with Crippen LogP contribution in [-0.4, -0.2) is 72.7 Å². The zero-order valence-corrected chi connectivity index (χ0v) is 23.3. The van der Waals surface area contributed by atoms with E-state index in [4.69, 9.17) is 0 Å². The third-order valence-corrected chi connectivity index (χ3v) is 7.81. The number of thioether (sulfide) groups is 1. The van der Waals surface area contributed by atoms with E-state index in [2.05, 4.69) is 22.2 Å². The maximum absolute atomic E-state index is 13.9. The van der Waals surface area contributed by atoms with Gasteiger partial charge in [0.25, 0.3) is 5.91 Å². The average Bonchev–Trinajstić information content (AvgIpc) is 2.97. The summed E-state index contributed by atoms with van der Waals surface area (Å²) < 4.78 is 27.2. The highest BCUT2D eigenvalue weighted by Gasteiger charge is 2.18. The number of hydrogen-bond acceptors (Lipinski definition) is 7. The minimum atomic E-state index is -0.976. The third kappa shape index (κ3) is 8.53. The lowest BCUT2D eigenvalue weighted by Crippen LogP contribution is -2.46. The molecule has 1 N–H and O–H groups in total. The number of nitro groups is 1. The van der Waals surface area contributed by atoms with Crippen LogP contribution >= 0.6 is 11.8 Å². The molecule has 3 aromatic carbocycles. The largest absolute Gasteiger partial charge is 0.351 e. The van der Waals surface area contributed by atoms with Crippen molar-refractivity contribution in [3.05, 3.63) is 116 Å². The van der Waals surface area contributed by atoms with E-state index in [1.54, 1.807) is 36.4 Å². The number of amides is 1. The van der Waals surface area contributed by atoms with Gasteiger partial charge in [-0.1, -0.05) is 30.3 Å². The van der Waals surface area contributed by atoms with Crippen LogP contribution in [0.1, 0.15) is 31.8 Å². The van der Waals surface area contributed by atoms with E-state index >= 15 is 0 Å². The van der Waals surface area contributed by atoms with E-state index in [1.165, 1.54) is 36.0 Å². The Hall–Kier alpha value is -3.93. The number of nitro benzene ring substituents is 1. The van der Waals surface area contributed by atoms with Crippen LogP contribution in [0.2, 0.25) is 0 Å². The summed E-state index contributed by atoms with van der Waals surface area (Å²) in [6.45, 7) is 5.20. The van der Waals surface area contributed by atoms with E-state index < -0.39 is 16.4 Å². The number of nitrogens with one attached hydrogen (secondary N) is 1. The van der Waals surface area contributed by atoms with Crippen molar-refractivity contribution in [3.63, 3.8) is 0 Å². The Bertz CT molecular complexity index is 1420. The molecule has 1 aliphatic rings. The lowest BCUT2D eigenvalue weighted by molar-refractivity contribution is -0.387. The van der Waals surface area contributed by atoms with Crippen molar-refractivity contribution >= 4 is 35.2 Å². The lowest BCUT2D eigenvalue weighted by atomic mass is 10.1. The van der Waals surface area contributed by atoms with Crippen LogP contribution in [0.25, 0.3) is 6.08 Å². The van der Waals surface area contributed by atoms with Crippen molar-refractivity contribution in [2.24, 2.45) is 0 Å². The number of carbonyl (C=O) groups excluding carboxylic acids is 2. The average molecular weight is 581 g/mol. The second-order valence-corrected chi connectivity index (χ2v) is 10.7. The topological polar surface area (TPSA) is 95.8 Å². The van der Waals surface area contributed by atoms with Gasteiger partial charge in [0.2, 0.25) is 5.82 Å². The number of benzene rings is 3. The monoisotopic (exact) mass is 580 g/mol. The van der Waals surface area contributed by atoms with Gasteiger partial charge in [-0.25, -0.2) is 4.39 Å². The smallest absolute Gasteiger partial charge is 0.305 e. The van der Waals surface area contributed by atoms with Crippen molar-refractivity contribution in [2.45, 2.75) is 5.75 Å². The van der Waals surface area contributed by atoms with Crippen molar-refractivity contribution in [2.75, 3.05) is 46.3 Å². The summed E-state index contributed by atoms with van der Waals surface area (Å²) in [7, 11) is 2.09. The SMILES string of the molecule is CN1CCN(CCNC(=O)c2ccc(C(=O)C(=Cc3ccc(F)c([N+](=O)[O-])c3)SCc3ccc(F)cc3)cc2)CC1. The van der Waals surface area contributed by atoms with Crippen LogP contribution in [0, 0.1) is 21.7 Å². The first kappa shape index (κ1) is 30.0. The molecular weight excluding hydrogens is 550 g/mol. The number of likely N-dealkylation sites (N-methyl/N-ethyl adjacent to an activating group) is 1. The first-order chi connectivity index (χ1) is 19.7. The molecule has 1 heterocycles. The summed E-state index contributed by atoms with van der Waals surface area (Å²) in [5.41, 5.74) is 1.08. The maximum Gasteiger partial charge on any atom is 0.305 e. The summed E-state index contributed by atoms with van der Waals surface area (Å²) in [4.78, 5) is 41.3. The molecule has 214 valence electrons. The third-order valence-electron chi connectivity index (χ3n) is 6.71. The summed E-state index contributed by atoms with van der Waals surface area (Å²) in [5.74, 6) is -1.64. The fourth-order valence-electron chi connectivity index (χ4n) is 4.24. The van der Waals surface area contributed by atoms with E-state index in [-0.39, 0.29) is 28.0 Å². The normalized spacial score (nSPS) is 14.6. The van der Waals surface area contributed by atoms with Crippen molar-refractivity contribution in [1.29, 1.82) is 0 Å². The molecular formula is C30H30F2N4O4S. The molecule has 11 heteroatoms. The second kappa shape index (κ2) is 14.1. The Kier molecular flexibility index (Phi) is 10.3. The minimum Gasteiger partial charge on any atom is -0.351 e. The molecule has 41 heavy (non-hydrogen) atoms. The summed E-state index contributed by atoms with van der Waals surface area (Å²) in [6, 6.07) is 15.5. The van der Waals surface area contributed by atoms with Crippen molar-refractivity contribution < 1.29 is 23.3 Å². The number of ketones is 1. The Balaban J connectivity index is 1.47. The highest BCUT2D eigenvalue weighted by molar-refractivity contribution is 8.03. The van der Waals surface area contributed by atoms with Crippen molar-refractivity contribution in [3.8, 4) is 0 Å². The standard InChI is InChI=1S/C30H30F2N4O4S/c1-34-14-16-35(17-15-34)13-12-33-30(38)24-7-5-23(6-8-24)29(37)28(41-20-21-2-9-25(31)10-3-21)19-22-4-11-26(32)27(18-22)36(39)40/h2-11,18-19H,12-17,20H2,1H3,(H,33,38). The van der Waals surface area contributed by atoms with Crippen LogP contribution in [0.5, 0.6) is 0 Å². The number of piperazine rings is 1. The van der Waals surface area contributed by atoms with Gasteiger partial charge in [0, 0.05) is 62.2 Å². The van der Waals surface area contributed by atoms with E-state index in [9.17, 15) is 28.5 Å². The molecule has 1 amide bonds. The van der Waals surface area contributed by atoms with Crippen LogP contribution in [0.4, 0.5) is 14.5 Å². The molecule has 0 aliphatic carbocycles. The van der Waals surface area contributed by atoms with Crippen LogP contribution in [0.3, 0.4) is 0 Å². The van der Waals surface area contributed by atoms with Gasteiger partial charge in [0.1, 0.15) is 5.82 Å². The second-order valence-electron chi connectivity index (χ2n) is 9.70. The molecule has 4 rings (SSSR count). The molecule has 0 atom stereocenters. The number of allylic oxidation sites excluding steroid dienone is 1. The molecule has 0 aromatic heterocycles. The molecule has 3 aromatic rings. The Morgan fingerprint density at radius 3 is 2.29 bits per heavy atom. The van der Waals surface area contributed by atoms with Gasteiger partial charge in [0.05, 0.1) is 9.83 Å². The number of Topliss-reactive ketones (excluding diaryl/α,β-unsaturated/α-hetero) is 1. The van der Waals surface area contributed by atoms with Gasteiger partial charge in [-0.15, -0.1) is 11.8 Å². The molecule has 1 saturated heterocycles. The van der Waals surface area contributed by atoms with Gasteiger partial charge in [-0.2, -0.15) is 4.39 Å². The fraction of sp³-hybridized carbons (Fsp3) is 0.267. The van der Waals surface area contributed by atoms with E-state index in [1.807, 2.05) is 0 Å². The molecule has 0 unspecified atom stereocenters. The first-order valence-electron chi connectivity index (χ1n) is 13.1. The zero-order valence-electron chi connectivity index (χ0n) is 22.5. The maximum atomic E-state index is 13.9. The van der Waals surface area contributed by atoms with Crippen LogP contribution in [0.15, 0.2) is 71.6 Å². The van der Waals surface area contributed by atoms with E-state index in [0.29, 0.717) is 23.4 Å². The van der Waals surface area contributed by atoms with Crippen molar-refractivity contribution in [1.82, 2.24) is 15.1 Å². The fourth-order valence-corrected chi connectivity index (χ4v) is 5.22. The number of halogens is 2. The zero-order chi connectivity index (χ0) is 29.4. The van der Waals surface area contributed by atoms with Gasteiger partial charge in [0.15, 0.2) is 5.78 Å². The summed E-state index contributed by atoms with van der Waals surface area (Å²) in [5, 5.41) is 14.1. The molecule has 0 radical (unpaired) electrons. The molecule has 1 fully saturated rings. The Morgan fingerprint density at radius 2 is 1.63 bits per heavy atom. The number of hydrogen-bond donors (Lipinski definition) is 1. The van der Waals surface area contributed by atoms with Crippen LogP contribution < -0.4 is 5.32 Å². The highest BCUT2D eigenvalue weighted by atomic mass is 32.2.